The van der Waals surface area contributed by atoms with Crippen molar-refractivity contribution in [3.63, 3.8) is 0 Å². The van der Waals surface area contributed by atoms with Crippen molar-refractivity contribution < 1.29 is 4.79 Å². The highest BCUT2D eigenvalue weighted by Gasteiger charge is 2.21. The van der Waals surface area contributed by atoms with E-state index >= 15 is 0 Å². The molecule has 0 aromatic heterocycles. The molecule has 0 saturated carbocycles. The lowest BCUT2D eigenvalue weighted by Crippen LogP contribution is -2.33. The van der Waals surface area contributed by atoms with Gasteiger partial charge < -0.3 is 4.90 Å². The summed E-state index contributed by atoms with van der Waals surface area (Å²) in [4.78, 5) is 14.2. The van der Waals surface area contributed by atoms with Crippen molar-refractivity contribution in [2.24, 2.45) is 0 Å². The Kier molecular flexibility index (Phi) is 4.80. The Bertz CT molecular complexity index is 519. The molecule has 98 valence electrons. The SMILES string of the molecule is CC#CCCN(Cc1ccccc1)C(=O)C1=CCC1. The minimum absolute atomic E-state index is 0.174. The van der Waals surface area contributed by atoms with Crippen molar-refractivity contribution in [1.29, 1.82) is 0 Å². The second kappa shape index (κ2) is 6.80. The maximum absolute atomic E-state index is 12.3. The van der Waals surface area contributed by atoms with Crippen LogP contribution in [0.5, 0.6) is 0 Å². The normalized spacial score (nSPS) is 12.8. The summed E-state index contributed by atoms with van der Waals surface area (Å²) < 4.78 is 0. The molecule has 0 bridgehead atoms. The summed E-state index contributed by atoms with van der Waals surface area (Å²) in [5, 5.41) is 0. The van der Waals surface area contributed by atoms with Crippen molar-refractivity contribution in [2.75, 3.05) is 6.54 Å². The van der Waals surface area contributed by atoms with Crippen molar-refractivity contribution in [2.45, 2.75) is 32.7 Å². The van der Waals surface area contributed by atoms with Gasteiger partial charge in [-0.1, -0.05) is 36.4 Å². The molecule has 0 spiro atoms. The van der Waals surface area contributed by atoms with E-state index in [1.165, 1.54) is 5.56 Å². The molecule has 1 amide bonds. The lowest BCUT2D eigenvalue weighted by Gasteiger charge is -2.25. The molecule has 2 heteroatoms. The van der Waals surface area contributed by atoms with Crippen LogP contribution in [0.25, 0.3) is 0 Å². The number of carbonyl (C=O) groups is 1. The fourth-order valence-electron chi connectivity index (χ4n) is 2.06. The topological polar surface area (TPSA) is 20.3 Å². The average Bonchev–Trinajstić information content (AvgIpc) is 2.37. The summed E-state index contributed by atoms with van der Waals surface area (Å²) >= 11 is 0. The molecule has 0 aliphatic heterocycles. The molecule has 0 unspecified atom stereocenters. The van der Waals surface area contributed by atoms with E-state index < -0.39 is 0 Å². The van der Waals surface area contributed by atoms with Crippen molar-refractivity contribution in [3.8, 4) is 11.8 Å². The Morgan fingerprint density at radius 3 is 2.63 bits per heavy atom. The zero-order chi connectivity index (χ0) is 13.5. The van der Waals surface area contributed by atoms with Crippen LogP contribution >= 0.6 is 0 Å². The average molecular weight is 253 g/mol. The van der Waals surface area contributed by atoms with Crippen LogP contribution < -0.4 is 0 Å². The summed E-state index contributed by atoms with van der Waals surface area (Å²) in [7, 11) is 0. The zero-order valence-electron chi connectivity index (χ0n) is 11.4. The summed E-state index contributed by atoms with van der Waals surface area (Å²) in [6, 6.07) is 10.1. The molecule has 19 heavy (non-hydrogen) atoms. The molecule has 2 rings (SSSR count). The molecule has 1 aliphatic carbocycles. The predicted octanol–water partition coefficient (Wildman–Crippen LogP) is 3.15. The van der Waals surface area contributed by atoms with Crippen LogP contribution in [0.3, 0.4) is 0 Å². The van der Waals surface area contributed by atoms with Gasteiger partial charge in [0, 0.05) is 25.1 Å². The van der Waals surface area contributed by atoms with Crippen LogP contribution in [0.2, 0.25) is 0 Å². The standard InChI is InChI=1S/C17H19NO/c1-2-3-7-13-18(17(19)16-11-8-12-16)14-15-9-5-4-6-10-15/h4-6,9-11H,7-8,12-14H2,1H3. The molecule has 0 N–H and O–H groups in total. The maximum atomic E-state index is 12.3. The summed E-state index contributed by atoms with van der Waals surface area (Å²) in [6.45, 7) is 3.20. The third-order valence-electron chi connectivity index (χ3n) is 3.27. The number of benzene rings is 1. The van der Waals surface area contributed by atoms with Crippen molar-refractivity contribution in [3.05, 3.63) is 47.5 Å². The van der Waals surface area contributed by atoms with Gasteiger partial charge in [-0.3, -0.25) is 4.79 Å². The molecule has 1 aromatic carbocycles. The fraction of sp³-hybridized carbons (Fsp3) is 0.353. The largest absolute Gasteiger partial charge is 0.334 e. The Morgan fingerprint density at radius 1 is 1.32 bits per heavy atom. The van der Waals surface area contributed by atoms with E-state index in [2.05, 4.69) is 24.0 Å². The first-order chi connectivity index (χ1) is 9.31. The third-order valence-corrected chi connectivity index (χ3v) is 3.27. The highest BCUT2D eigenvalue weighted by atomic mass is 16.2. The van der Waals surface area contributed by atoms with Gasteiger partial charge in [-0.2, -0.15) is 0 Å². The number of nitrogens with zero attached hydrogens (tertiary/aromatic N) is 1. The molecule has 0 fully saturated rings. The van der Waals surface area contributed by atoms with E-state index in [4.69, 9.17) is 0 Å². The van der Waals surface area contributed by atoms with Crippen LogP contribution in [0.4, 0.5) is 0 Å². The minimum atomic E-state index is 0.174. The Labute approximate surface area is 115 Å². The first kappa shape index (κ1) is 13.4. The summed E-state index contributed by atoms with van der Waals surface area (Å²) in [6.07, 6.45) is 4.73. The Morgan fingerprint density at radius 2 is 2.05 bits per heavy atom. The van der Waals surface area contributed by atoms with Crippen LogP contribution in [0.1, 0.15) is 31.7 Å². The lowest BCUT2D eigenvalue weighted by molar-refractivity contribution is -0.128. The second-order valence-corrected chi connectivity index (χ2v) is 4.66. The molecule has 0 radical (unpaired) electrons. The van der Waals surface area contributed by atoms with E-state index in [1.54, 1.807) is 0 Å². The highest BCUT2D eigenvalue weighted by molar-refractivity contribution is 5.94. The lowest BCUT2D eigenvalue weighted by atomic mass is 9.97. The number of carbonyl (C=O) groups excluding carboxylic acids is 1. The van der Waals surface area contributed by atoms with Crippen LogP contribution in [0.15, 0.2) is 42.0 Å². The molecular formula is C17H19NO. The molecule has 0 atom stereocenters. The molecule has 1 aliphatic rings. The fourth-order valence-corrected chi connectivity index (χ4v) is 2.06. The van der Waals surface area contributed by atoms with E-state index in [9.17, 15) is 4.79 Å². The van der Waals surface area contributed by atoms with Crippen LogP contribution in [0, 0.1) is 11.8 Å². The van der Waals surface area contributed by atoms with Crippen molar-refractivity contribution in [1.82, 2.24) is 4.90 Å². The number of hydrogen-bond acceptors (Lipinski definition) is 1. The van der Waals surface area contributed by atoms with Gasteiger partial charge in [0.1, 0.15) is 0 Å². The number of rotatable bonds is 5. The maximum Gasteiger partial charge on any atom is 0.249 e. The van der Waals surface area contributed by atoms with Gasteiger partial charge in [-0.15, -0.1) is 11.8 Å². The quantitative estimate of drug-likeness (QED) is 0.738. The van der Waals surface area contributed by atoms with Gasteiger partial charge in [-0.25, -0.2) is 0 Å². The van der Waals surface area contributed by atoms with E-state index in [0.29, 0.717) is 13.1 Å². The third kappa shape index (κ3) is 3.72. The Balaban J connectivity index is 2.04. The smallest absolute Gasteiger partial charge is 0.249 e. The van der Waals surface area contributed by atoms with Gasteiger partial charge in [0.2, 0.25) is 5.91 Å². The van der Waals surface area contributed by atoms with Gasteiger partial charge in [0.25, 0.3) is 0 Å². The zero-order valence-corrected chi connectivity index (χ0v) is 11.4. The molecule has 0 heterocycles. The van der Waals surface area contributed by atoms with Gasteiger partial charge >= 0.3 is 0 Å². The van der Waals surface area contributed by atoms with Gasteiger partial charge in [0.05, 0.1) is 0 Å². The minimum Gasteiger partial charge on any atom is -0.334 e. The van der Waals surface area contributed by atoms with Gasteiger partial charge in [0.15, 0.2) is 0 Å². The molecule has 1 aromatic rings. The van der Waals surface area contributed by atoms with Crippen LogP contribution in [-0.4, -0.2) is 17.4 Å². The molecule has 0 saturated heterocycles. The molecular weight excluding hydrogens is 234 g/mol. The summed E-state index contributed by atoms with van der Waals surface area (Å²) in [5.74, 6) is 6.09. The van der Waals surface area contributed by atoms with E-state index in [1.807, 2.05) is 36.1 Å². The molecule has 2 nitrogen and oxygen atoms in total. The number of amides is 1. The Hall–Kier alpha value is -2.01. The van der Waals surface area contributed by atoms with E-state index in [-0.39, 0.29) is 5.91 Å². The van der Waals surface area contributed by atoms with Crippen LogP contribution in [-0.2, 0) is 11.3 Å². The van der Waals surface area contributed by atoms with E-state index in [0.717, 1.165) is 24.8 Å². The number of allylic oxidation sites excluding steroid dienone is 1. The first-order valence-electron chi connectivity index (χ1n) is 6.73. The number of hydrogen-bond donors (Lipinski definition) is 0. The highest BCUT2D eigenvalue weighted by Crippen LogP contribution is 2.21. The van der Waals surface area contributed by atoms with Crippen molar-refractivity contribution >= 4 is 5.91 Å². The predicted molar refractivity (Wildman–Crippen MR) is 77.2 cm³/mol. The summed E-state index contributed by atoms with van der Waals surface area (Å²) in [5.41, 5.74) is 2.13. The van der Waals surface area contributed by atoms with Gasteiger partial charge in [-0.05, 0) is 25.3 Å². The first-order valence-corrected chi connectivity index (χ1v) is 6.73. The second-order valence-electron chi connectivity index (χ2n) is 4.66. The monoisotopic (exact) mass is 253 g/mol.